The molecule has 2 N–H and O–H groups in total. The summed E-state index contributed by atoms with van der Waals surface area (Å²) >= 11 is 13.0. The Balaban J connectivity index is 2.00. The lowest BCUT2D eigenvalue weighted by Crippen LogP contribution is -2.31. The largest absolute Gasteiger partial charge is 0.478 e. The summed E-state index contributed by atoms with van der Waals surface area (Å²) in [5, 5.41) is 13.9. The van der Waals surface area contributed by atoms with Crippen molar-refractivity contribution in [3.05, 3.63) is 55.4 Å². The third-order valence-electron chi connectivity index (χ3n) is 3.82. The zero-order valence-corrected chi connectivity index (χ0v) is 16.3. The molecule has 1 aromatic carbocycles. The number of nitrogens with zero attached hydrogens (tertiary/aromatic N) is 2. The lowest BCUT2D eigenvalue weighted by Gasteiger charge is -2.12. The molecule has 0 aliphatic carbocycles. The molecular weight excluding hydrogens is 413 g/mol. The van der Waals surface area contributed by atoms with Gasteiger partial charge in [-0.25, -0.2) is 9.78 Å². The number of hydrogen-bond donors (Lipinski definition) is 2. The number of hydrogen-bond acceptors (Lipinski definition) is 5. The molecule has 140 valence electrons. The summed E-state index contributed by atoms with van der Waals surface area (Å²) in [4.78, 5) is 41.3. The summed E-state index contributed by atoms with van der Waals surface area (Å²) in [7, 11) is 0. The highest BCUT2D eigenvalue weighted by Gasteiger charge is 2.20. The quantitative estimate of drug-likeness (QED) is 0.649. The molecule has 7 nitrogen and oxygen atoms in total. The van der Waals surface area contributed by atoms with E-state index in [0.29, 0.717) is 32.8 Å². The number of aromatic nitrogens is 2. The van der Waals surface area contributed by atoms with Crippen LogP contribution in [0.5, 0.6) is 0 Å². The molecule has 2 heterocycles. The minimum absolute atomic E-state index is 0.00159. The molecule has 3 rings (SSSR count). The Bertz CT molecular complexity index is 1120. The fourth-order valence-corrected chi connectivity index (χ4v) is 3.84. The molecule has 0 bridgehead atoms. The molecule has 0 atom stereocenters. The van der Waals surface area contributed by atoms with Gasteiger partial charge in [-0.2, -0.15) is 0 Å². The van der Waals surface area contributed by atoms with E-state index < -0.39 is 17.4 Å². The zero-order chi connectivity index (χ0) is 19.7. The van der Waals surface area contributed by atoms with Crippen molar-refractivity contribution in [3.63, 3.8) is 0 Å². The normalized spacial score (nSPS) is 10.9. The standard InChI is InChI=1S/C17H13Cl2N3O4S/c1-2-12-21-15-14(9(7-27-15)17(25)26)16(24)22(12)6-13(23)20-11-5-8(18)3-4-10(11)19/h3-5,7H,2,6H2,1H3,(H,20,23)(H,25,26). The van der Waals surface area contributed by atoms with Crippen LogP contribution in [0.2, 0.25) is 10.0 Å². The lowest BCUT2D eigenvalue weighted by molar-refractivity contribution is -0.116. The van der Waals surface area contributed by atoms with Crippen LogP contribution in [0.1, 0.15) is 23.1 Å². The maximum atomic E-state index is 12.8. The Kier molecular flexibility index (Phi) is 5.50. The van der Waals surface area contributed by atoms with Crippen LogP contribution >= 0.6 is 34.5 Å². The highest BCUT2D eigenvalue weighted by atomic mass is 35.5. The van der Waals surface area contributed by atoms with Gasteiger partial charge < -0.3 is 10.4 Å². The number of carboxylic acid groups (broad SMARTS) is 1. The van der Waals surface area contributed by atoms with Crippen LogP contribution in [-0.2, 0) is 17.8 Å². The maximum Gasteiger partial charge on any atom is 0.337 e. The molecule has 0 saturated heterocycles. The van der Waals surface area contributed by atoms with Gasteiger partial charge in [-0.05, 0) is 18.2 Å². The number of carboxylic acids is 1. The van der Waals surface area contributed by atoms with E-state index in [0.717, 1.165) is 11.3 Å². The van der Waals surface area contributed by atoms with Crippen molar-refractivity contribution in [1.29, 1.82) is 0 Å². The van der Waals surface area contributed by atoms with E-state index in [2.05, 4.69) is 10.3 Å². The molecule has 0 radical (unpaired) electrons. The number of halogens is 2. The van der Waals surface area contributed by atoms with E-state index in [1.807, 2.05) is 0 Å². The summed E-state index contributed by atoms with van der Waals surface area (Å²) in [5.41, 5.74) is -0.374. The minimum atomic E-state index is -1.22. The first-order chi connectivity index (χ1) is 12.8. The molecule has 0 aliphatic rings. The summed E-state index contributed by atoms with van der Waals surface area (Å²) in [6.07, 6.45) is 0.399. The number of thiophene rings is 1. The number of rotatable bonds is 5. The van der Waals surface area contributed by atoms with Gasteiger partial charge in [0, 0.05) is 16.8 Å². The van der Waals surface area contributed by atoms with Gasteiger partial charge in [0.25, 0.3) is 5.56 Å². The number of carbonyl (C=O) groups is 2. The van der Waals surface area contributed by atoms with Crippen LogP contribution in [0, 0.1) is 0 Å². The van der Waals surface area contributed by atoms with Gasteiger partial charge in [-0.3, -0.25) is 14.2 Å². The number of nitrogens with one attached hydrogen (secondary N) is 1. The van der Waals surface area contributed by atoms with Crippen molar-refractivity contribution in [2.24, 2.45) is 0 Å². The van der Waals surface area contributed by atoms with Crippen molar-refractivity contribution < 1.29 is 14.7 Å². The van der Waals surface area contributed by atoms with Gasteiger partial charge in [-0.15, -0.1) is 11.3 Å². The number of fused-ring (bicyclic) bond motifs is 1. The first kappa shape index (κ1) is 19.3. The van der Waals surface area contributed by atoms with Crippen LogP contribution < -0.4 is 10.9 Å². The van der Waals surface area contributed by atoms with Crippen LogP contribution in [0.4, 0.5) is 5.69 Å². The second kappa shape index (κ2) is 7.67. The smallest absolute Gasteiger partial charge is 0.337 e. The fraction of sp³-hybridized carbons (Fsp3) is 0.176. The van der Waals surface area contributed by atoms with E-state index in [9.17, 15) is 19.5 Å². The molecule has 27 heavy (non-hydrogen) atoms. The van der Waals surface area contributed by atoms with Crippen LogP contribution in [0.3, 0.4) is 0 Å². The molecule has 3 aromatic rings. The summed E-state index contributed by atoms with van der Waals surface area (Å²) in [5.74, 6) is -1.34. The van der Waals surface area contributed by atoms with E-state index >= 15 is 0 Å². The SMILES string of the molecule is CCc1nc2scc(C(=O)O)c2c(=O)n1CC(=O)Nc1cc(Cl)ccc1Cl. The average Bonchev–Trinajstić information content (AvgIpc) is 3.04. The zero-order valence-electron chi connectivity index (χ0n) is 14.0. The average molecular weight is 426 g/mol. The van der Waals surface area contributed by atoms with Crippen molar-refractivity contribution in [2.75, 3.05) is 5.32 Å². The second-order valence-electron chi connectivity index (χ2n) is 5.58. The summed E-state index contributed by atoms with van der Waals surface area (Å²) in [6.45, 7) is 1.46. The van der Waals surface area contributed by atoms with Crippen LogP contribution in [-0.4, -0.2) is 26.5 Å². The number of aryl methyl sites for hydroxylation is 1. The van der Waals surface area contributed by atoms with E-state index in [1.165, 1.54) is 16.0 Å². The second-order valence-corrected chi connectivity index (χ2v) is 7.28. The van der Waals surface area contributed by atoms with Crippen molar-refractivity contribution in [1.82, 2.24) is 9.55 Å². The van der Waals surface area contributed by atoms with Crippen molar-refractivity contribution in [3.8, 4) is 0 Å². The Morgan fingerprint density at radius 1 is 1.33 bits per heavy atom. The Morgan fingerprint density at radius 3 is 2.74 bits per heavy atom. The van der Waals surface area contributed by atoms with E-state index in [-0.39, 0.29) is 17.5 Å². The number of carbonyl (C=O) groups excluding carboxylic acids is 1. The van der Waals surface area contributed by atoms with Crippen molar-refractivity contribution in [2.45, 2.75) is 19.9 Å². The number of amides is 1. The molecular formula is C17H13Cl2N3O4S. The van der Waals surface area contributed by atoms with Crippen molar-refractivity contribution >= 4 is 62.3 Å². The van der Waals surface area contributed by atoms with Gasteiger partial charge >= 0.3 is 5.97 Å². The first-order valence-electron chi connectivity index (χ1n) is 7.81. The highest BCUT2D eigenvalue weighted by molar-refractivity contribution is 7.17. The third-order valence-corrected chi connectivity index (χ3v) is 5.26. The first-order valence-corrected chi connectivity index (χ1v) is 9.44. The minimum Gasteiger partial charge on any atom is -0.478 e. The molecule has 0 saturated carbocycles. The van der Waals surface area contributed by atoms with Gasteiger partial charge in [0.2, 0.25) is 5.91 Å². The van der Waals surface area contributed by atoms with E-state index in [4.69, 9.17) is 23.2 Å². The molecule has 0 fully saturated rings. The Hall–Kier alpha value is -2.42. The molecule has 0 unspecified atom stereocenters. The predicted octanol–water partition coefficient (Wildman–Crippen LogP) is 3.66. The van der Waals surface area contributed by atoms with Gasteiger partial charge in [0.05, 0.1) is 21.7 Å². The number of aromatic carboxylic acids is 1. The molecule has 10 heteroatoms. The molecule has 1 amide bonds. The lowest BCUT2D eigenvalue weighted by atomic mass is 10.2. The monoisotopic (exact) mass is 425 g/mol. The number of benzene rings is 1. The number of anilines is 1. The Labute approximate surface area is 167 Å². The van der Waals surface area contributed by atoms with Crippen LogP contribution in [0.25, 0.3) is 10.2 Å². The molecule has 2 aromatic heterocycles. The topological polar surface area (TPSA) is 101 Å². The molecule has 0 aliphatic heterocycles. The highest BCUT2D eigenvalue weighted by Crippen LogP contribution is 2.25. The summed E-state index contributed by atoms with van der Waals surface area (Å²) in [6, 6.07) is 4.62. The third kappa shape index (κ3) is 3.83. The summed E-state index contributed by atoms with van der Waals surface area (Å²) < 4.78 is 1.18. The molecule has 0 spiro atoms. The fourth-order valence-electron chi connectivity index (χ4n) is 2.58. The van der Waals surface area contributed by atoms with Gasteiger partial charge in [-0.1, -0.05) is 30.1 Å². The van der Waals surface area contributed by atoms with Gasteiger partial charge in [0.1, 0.15) is 17.2 Å². The van der Waals surface area contributed by atoms with Gasteiger partial charge in [0.15, 0.2) is 0 Å². The maximum absolute atomic E-state index is 12.8. The van der Waals surface area contributed by atoms with Crippen LogP contribution in [0.15, 0.2) is 28.4 Å². The van der Waals surface area contributed by atoms with E-state index in [1.54, 1.807) is 19.1 Å². The Morgan fingerprint density at radius 2 is 2.07 bits per heavy atom. The predicted molar refractivity (Wildman–Crippen MR) is 105 cm³/mol.